The van der Waals surface area contributed by atoms with E-state index in [1.807, 2.05) is 0 Å². The third-order valence-corrected chi connectivity index (χ3v) is 4.03. The number of carbonyl (C=O) groups excluding carboxylic acids is 2. The summed E-state index contributed by atoms with van der Waals surface area (Å²) in [6.07, 6.45) is 0.652. The second-order valence-corrected chi connectivity index (χ2v) is 6.41. The summed E-state index contributed by atoms with van der Waals surface area (Å²) >= 11 is 11.7. The number of halogens is 2. The number of rotatable bonds is 5. The summed E-state index contributed by atoms with van der Waals surface area (Å²) in [5.41, 5.74) is 1.38. The average molecular weight is 316 g/mol. The molecule has 0 heterocycles. The highest BCUT2D eigenvalue weighted by atomic mass is 35.5. The largest absolute Gasteiger partial charge is 0.462 e. The summed E-state index contributed by atoms with van der Waals surface area (Å²) in [5, 5.41) is 2.68. The molecule has 1 fully saturated rings. The van der Waals surface area contributed by atoms with Crippen LogP contribution in [0.25, 0.3) is 0 Å². The topological polar surface area (TPSA) is 55.4 Å². The van der Waals surface area contributed by atoms with Gasteiger partial charge in [-0.1, -0.05) is 12.1 Å². The number of carbonyl (C=O) groups is 2. The lowest BCUT2D eigenvalue weighted by Gasteiger charge is -2.06. The van der Waals surface area contributed by atoms with E-state index in [0.717, 1.165) is 5.56 Å². The zero-order chi connectivity index (χ0) is 14.8. The Hall–Kier alpha value is -1.26. The number of esters is 1. The number of amides is 1. The van der Waals surface area contributed by atoms with Gasteiger partial charge < -0.3 is 10.1 Å². The minimum atomic E-state index is -0.734. The molecule has 0 spiro atoms. The Kier molecular flexibility index (Phi) is 4.55. The maximum atomic E-state index is 11.8. The van der Waals surface area contributed by atoms with Crippen LogP contribution in [-0.2, 0) is 16.1 Å². The minimum Gasteiger partial charge on any atom is -0.462 e. The molecule has 1 saturated carbocycles. The molecule has 6 heteroatoms. The highest BCUT2D eigenvalue weighted by Gasteiger charge is 2.52. The fourth-order valence-corrected chi connectivity index (χ4v) is 2.19. The molecule has 4 nitrogen and oxygen atoms in total. The smallest absolute Gasteiger partial charge is 0.338 e. The van der Waals surface area contributed by atoms with Crippen LogP contribution in [0.5, 0.6) is 0 Å². The lowest BCUT2D eigenvalue weighted by atomic mass is 10.1. The van der Waals surface area contributed by atoms with Crippen molar-refractivity contribution in [3.8, 4) is 0 Å². The van der Waals surface area contributed by atoms with Crippen molar-refractivity contribution in [3.05, 3.63) is 35.4 Å². The molecule has 1 atom stereocenters. The first kappa shape index (κ1) is 15.1. The fourth-order valence-electron chi connectivity index (χ4n) is 1.70. The molecule has 2 rings (SSSR count). The molecule has 1 amide bonds. The molecule has 0 radical (unpaired) electrons. The minimum absolute atomic E-state index is 0.0221. The first-order valence-electron chi connectivity index (χ1n) is 6.27. The van der Waals surface area contributed by atoms with Gasteiger partial charge in [-0.05, 0) is 24.1 Å². The van der Waals surface area contributed by atoms with Crippen molar-refractivity contribution in [2.45, 2.75) is 24.2 Å². The Bertz CT molecular complexity index is 514. The molecule has 1 aromatic rings. The number of hydrogen-bond acceptors (Lipinski definition) is 3. The van der Waals surface area contributed by atoms with Crippen molar-refractivity contribution in [1.82, 2.24) is 5.32 Å². The third-order valence-electron chi connectivity index (χ3n) is 3.10. The maximum Gasteiger partial charge on any atom is 0.338 e. The van der Waals surface area contributed by atoms with E-state index in [4.69, 9.17) is 27.9 Å². The molecule has 1 aliphatic rings. The van der Waals surface area contributed by atoms with E-state index in [1.165, 1.54) is 6.92 Å². The van der Waals surface area contributed by atoms with Gasteiger partial charge in [0.25, 0.3) is 0 Å². The van der Waals surface area contributed by atoms with E-state index < -0.39 is 10.3 Å². The van der Waals surface area contributed by atoms with Crippen molar-refractivity contribution in [2.24, 2.45) is 5.92 Å². The van der Waals surface area contributed by atoms with Crippen molar-refractivity contribution >= 4 is 35.1 Å². The Labute approximate surface area is 127 Å². The zero-order valence-corrected chi connectivity index (χ0v) is 12.5. The fraction of sp³-hybridized carbons (Fsp3) is 0.429. The molecule has 1 aliphatic carbocycles. The summed E-state index contributed by atoms with van der Waals surface area (Å²) < 4.78 is 4.41. The standard InChI is InChI=1S/C14H15Cl2NO3/c1-9(18)17-7-10-2-4-11(5-3-10)13(19)20-8-12-6-14(12,15)16/h2-5,12H,6-8H2,1H3,(H,17,18). The van der Waals surface area contributed by atoms with Crippen molar-refractivity contribution in [2.75, 3.05) is 6.61 Å². The van der Waals surface area contributed by atoms with E-state index in [-0.39, 0.29) is 18.4 Å². The van der Waals surface area contributed by atoms with Crippen LogP contribution in [0.15, 0.2) is 24.3 Å². The Morgan fingerprint density at radius 3 is 2.45 bits per heavy atom. The number of ether oxygens (including phenoxy) is 1. The predicted molar refractivity (Wildman–Crippen MR) is 76.8 cm³/mol. The Morgan fingerprint density at radius 2 is 1.95 bits per heavy atom. The van der Waals surface area contributed by atoms with Gasteiger partial charge in [0.1, 0.15) is 4.33 Å². The molecule has 0 bridgehead atoms. The van der Waals surface area contributed by atoms with Gasteiger partial charge in [-0.2, -0.15) is 0 Å². The van der Waals surface area contributed by atoms with Gasteiger partial charge in [-0.3, -0.25) is 4.79 Å². The lowest BCUT2D eigenvalue weighted by Crippen LogP contribution is -2.18. The number of hydrogen-bond donors (Lipinski definition) is 1. The number of nitrogens with one attached hydrogen (secondary N) is 1. The highest BCUT2D eigenvalue weighted by molar-refractivity contribution is 6.50. The molecule has 0 aromatic heterocycles. The first-order valence-corrected chi connectivity index (χ1v) is 7.02. The average Bonchev–Trinajstić information content (AvgIpc) is 3.02. The van der Waals surface area contributed by atoms with E-state index >= 15 is 0 Å². The van der Waals surface area contributed by atoms with Gasteiger partial charge in [0.15, 0.2) is 0 Å². The molecule has 1 unspecified atom stereocenters. The Balaban J connectivity index is 1.83. The van der Waals surface area contributed by atoms with E-state index in [2.05, 4.69) is 5.32 Å². The normalized spacial score (nSPS) is 19.2. The molecular weight excluding hydrogens is 301 g/mol. The molecule has 20 heavy (non-hydrogen) atoms. The van der Waals surface area contributed by atoms with Crippen LogP contribution >= 0.6 is 23.2 Å². The summed E-state index contributed by atoms with van der Waals surface area (Å²) in [6, 6.07) is 6.89. The van der Waals surface area contributed by atoms with E-state index in [0.29, 0.717) is 18.5 Å². The summed E-state index contributed by atoms with van der Waals surface area (Å²) in [4.78, 5) is 22.6. The van der Waals surface area contributed by atoms with Crippen LogP contribution in [0.4, 0.5) is 0 Å². The molecule has 1 N–H and O–H groups in total. The summed E-state index contributed by atoms with van der Waals surface area (Å²) in [7, 11) is 0. The van der Waals surface area contributed by atoms with Gasteiger partial charge in [-0.15, -0.1) is 23.2 Å². The first-order chi connectivity index (χ1) is 9.38. The predicted octanol–water partition coefficient (Wildman–Crippen LogP) is 2.67. The van der Waals surface area contributed by atoms with Gasteiger partial charge in [0.05, 0.1) is 12.2 Å². The van der Waals surface area contributed by atoms with Crippen LogP contribution in [0.2, 0.25) is 0 Å². The molecule has 0 aliphatic heterocycles. The third kappa shape index (κ3) is 4.12. The van der Waals surface area contributed by atoms with Crippen LogP contribution < -0.4 is 5.32 Å². The zero-order valence-electron chi connectivity index (χ0n) is 11.0. The quantitative estimate of drug-likeness (QED) is 0.671. The second kappa shape index (κ2) is 6.02. The number of benzene rings is 1. The van der Waals surface area contributed by atoms with Crippen LogP contribution in [0.1, 0.15) is 29.3 Å². The molecular formula is C14H15Cl2NO3. The van der Waals surface area contributed by atoms with Crippen molar-refractivity contribution in [3.63, 3.8) is 0 Å². The van der Waals surface area contributed by atoms with E-state index in [1.54, 1.807) is 24.3 Å². The lowest BCUT2D eigenvalue weighted by molar-refractivity contribution is -0.119. The van der Waals surface area contributed by atoms with Gasteiger partial charge in [0, 0.05) is 19.4 Å². The number of alkyl halides is 2. The maximum absolute atomic E-state index is 11.8. The molecule has 108 valence electrons. The van der Waals surface area contributed by atoms with Crippen molar-refractivity contribution in [1.29, 1.82) is 0 Å². The second-order valence-electron chi connectivity index (χ2n) is 4.87. The Morgan fingerprint density at radius 1 is 1.35 bits per heavy atom. The monoisotopic (exact) mass is 315 g/mol. The van der Waals surface area contributed by atoms with Crippen molar-refractivity contribution < 1.29 is 14.3 Å². The molecule has 0 saturated heterocycles. The highest BCUT2D eigenvalue weighted by Crippen LogP contribution is 2.53. The van der Waals surface area contributed by atoms with Crippen LogP contribution in [-0.4, -0.2) is 22.8 Å². The van der Waals surface area contributed by atoms with E-state index in [9.17, 15) is 9.59 Å². The SMILES string of the molecule is CC(=O)NCc1ccc(C(=O)OCC2CC2(Cl)Cl)cc1. The summed E-state index contributed by atoms with van der Waals surface area (Å²) in [5.74, 6) is -0.468. The van der Waals surface area contributed by atoms with Gasteiger partial charge in [-0.25, -0.2) is 4.79 Å². The van der Waals surface area contributed by atoms with Crippen LogP contribution in [0, 0.1) is 5.92 Å². The molecule has 1 aromatic carbocycles. The van der Waals surface area contributed by atoms with Crippen LogP contribution in [0.3, 0.4) is 0 Å². The van der Waals surface area contributed by atoms with Gasteiger partial charge in [0.2, 0.25) is 5.91 Å². The van der Waals surface area contributed by atoms with Gasteiger partial charge >= 0.3 is 5.97 Å². The summed E-state index contributed by atoms with van der Waals surface area (Å²) in [6.45, 7) is 2.13.